The molecule has 7 heterocycles. The van der Waals surface area contributed by atoms with E-state index in [-0.39, 0.29) is 17.6 Å². The molecule has 12 heteroatoms. The third-order valence-electron chi connectivity index (χ3n) is 7.19. The first-order valence-electron chi connectivity index (χ1n) is 11.7. The molecule has 36 heavy (non-hydrogen) atoms. The summed E-state index contributed by atoms with van der Waals surface area (Å²) in [5.74, 6) is 0.704. The van der Waals surface area contributed by atoms with Crippen molar-refractivity contribution in [3.05, 3.63) is 59.4 Å². The van der Waals surface area contributed by atoms with Gasteiger partial charge in [0.15, 0.2) is 11.5 Å². The molecule has 4 aromatic rings. The molecule has 1 saturated heterocycles. The average Bonchev–Trinajstić information content (AvgIpc) is 3.26. The van der Waals surface area contributed by atoms with E-state index in [1.54, 1.807) is 12.4 Å². The van der Waals surface area contributed by atoms with Crippen LogP contribution in [0.4, 0.5) is 24.8 Å². The number of aromatic nitrogens is 6. The minimum absolute atomic E-state index is 0.0518. The van der Waals surface area contributed by atoms with Gasteiger partial charge in [0.25, 0.3) is 0 Å². The van der Waals surface area contributed by atoms with Gasteiger partial charge in [-0.2, -0.15) is 13.2 Å². The van der Waals surface area contributed by atoms with Crippen LogP contribution in [0.15, 0.2) is 36.9 Å². The topological polar surface area (TPSA) is 101 Å². The molecule has 0 aromatic carbocycles. The number of anilines is 2. The number of rotatable bonds is 5. The summed E-state index contributed by atoms with van der Waals surface area (Å²) in [7, 11) is 0. The van der Waals surface area contributed by atoms with Crippen LogP contribution in [-0.4, -0.2) is 47.8 Å². The first kappa shape index (κ1) is 21.2. The lowest BCUT2D eigenvalue weighted by Crippen LogP contribution is -2.41. The Balaban J connectivity index is 1.39. The van der Waals surface area contributed by atoms with Gasteiger partial charge in [-0.3, -0.25) is 9.78 Å². The van der Waals surface area contributed by atoms with E-state index < -0.39 is 23.1 Å². The Morgan fingerprint density at radius 1 is 1.19 bits per heavy atom. The summed E-state index contributed by atoms with van der Waals surface area (Å²) in [6.07, 6.45) is 4.58. The molecule has 0 radical (unpaired) electrons. The van der Waals surface area contributed by atoms with Crippen molar-refractivity contribution in [1.29, 1.82) is 0 Å². The minimum Gasteiger partial charge on any atom is -0.347 e. The Kier molecular flexibility index (Phi) is 4.12. The van der Waals surface area contributed by atoms with E-state index in [9.17, 15) is 18.0 Å². The van der Waals surface area contributed by atoms with Crippen LogP contribution in [0.5, 0.6) is 0 Å². The molecule has 2 unspecified atom stereocenters. The first-order valence-corrected chi connectivity index (χ1v) is 11.7. The highest BCUT2D eigenvalue weighted by Gasteiger charge is 2.70. The SMILES string of the molecule is CCCCc1nc(-c2nc3c4c(n2)N2CC2C4(c2cc(C(F)(F)F)ccn2)C(=O)N3)cn2ccnc12. The molecule has 1 N–H and O–H groups in total. The highest BCUT2D eigenvalue weighted by molar-refractivity contribution is 6.13. The number of pyridine rings is 1. The second-order valence-corrected chi connectivity index (χ2v) is 9.29. The zero-order valence-corrected chi connectivity index (χ0v) is 19.0. The number of nitrogens with one attached hydrogen (secondary N) is 1. The monoisotopic (exact) mass is 492 g/mol. The maximum absolute atomic E-state index is 13.5. The van der Waals surface area contributed by atoms with E-state index in [1.807, 2.05) is 15.5 Å². The molecule has 1 fully saturated rings. The number of amides is 1. The lowest BCUT2D eigenvalue weighted by molar-refractivity contribution is -0.137. The highest BCUT2D eigenvalue weighted by Crippen LogP contribution is 2.60. The molecule has 4 aromatic heterocycles. The smallest absolute Gasteiger partial charge is 0.347 e. The minimum atomic E-state index is -4.55. The number of hydrogen-bond donors (Lipinski definition) is 1. The molecule has 0 bridgehead atoms. The number of halogens is 3. The van der Waals surface area contributed by atoms with E-state index in [2.05, 4.69) is 27.2 Å². The summed E-state index contributed by atoms with van der Waals surface area (Å²) in [6, 6.07) is 1.50. The van der Waals surface area contributed by atoms with Crippen LogP contribution in [0.25, 0.3) is 17.2 Å². The van der Waals surface area contributed by atoms with Crippen molar-refractivity contribution < 1.29 is 18.0 Å². The maximum Gasteiger partial charge on any atom is 0.416 e. The quantitative estimate of drug-likeness (QED) is 0.426. The molecular formula is C24H19F3N8O. The van der Waals surface area contributed by atoms with Crippen molar-refractivity contribution >= 4 is 23.2 Å². The predicted molar refractivity (Wildman–Crippen MR) is 122 cm³/mol. The number of fused-ring (bicyclic) bond motifs is 4. The standard InChI is InChI=1S/C24H19F3N8O/c1-2-3-4-13-20-29-7-8-34(20)10-14(30-13)18-31-19-17-21(32-18)35-11-16(35)23(17,22(36)33-19)15-9-12(5-6-28-15)24(25,26)27/h5-10,16H,2-4,11H2,1H3,(H,31,32,33,36). The van der Waals surface area contributed by atoms with Gasteiger partial charge in [-0.15, -0.1) is 0 Å². The van der Waals surface area contributed by atoms with Crippen LogP contribution < -0.4 is 10.2 Å². The van der Waals surface area contributed by atoms with Gasteiger partial charge in [-0.1, -0.05) is 13.3 Å². The Labute approximate surface area is 202 Å². The van der Waals surface area contributed by atoms with Crippen molar-refractivity contribution in [3.63, 3.8) is 0 Å². The van der Waals surface area contributed by atoms with Crippen molar-refractivity contribution in [2.45, 2.75) is 43.8 Å². The van der Waals surface area contributed by atoms with Crippen molar-refractivity contribution in [1.82, 2.24) is 29.3 Å². The van der Waals surface area contributed by atoms with Gasteiger partial charge < -0.3 is 14.6 Å². The Morgan fingerprint density at radius 2 is 2.06 bits per heavy atom. The highest BCUT2D eigenvalue weighted by atomic mass is 19.4. The summed E-state index contributed by atoms with van der Waals surface area (Å²) in [4.78, 5) is 38.1. The normalized spacial score (nSPS) is 21.6. The number of carbonyl (C=O) groups excluding carboxylic acids is 1. The second kappa shape index (κ2) is 6.99. The molecule has 0 aliphatic carbocycles. The van der Waals surface area contributed by atoms with Gasteiger partial charge in [-0.25, -0.2) is 19.9 Å². The molecule has 3 aliphatic heterocycles. The maximum atomic E-state index is 13.5. The number of alkyl halides is 3. The van der Waals surface area contributed by atoms with Gasteiger partial charge in [0.05, 0.1) is 28.6 Å². The summed E-state index contributed by atoms with van der Waals surface area (Å²) in [5, 5.41) is 2.80. The third kappa shape index (κ3) is 2.72. The molecule has 1 amide bonds. The summed E-state index contributed by atoms with van der Waals surface area (Å²) < 4.78 is 42.3. The molecule has 9 nitrogen and oxygen atoms in total. The zero-order chi connectivity index (χ0) is 24.8. The fourth-order valence-corrected chi connectivity index (χ4v) is 5.46. The first-order chi connectivity index (χ1) is 17.3. The molecule has 182 valence electrons. The number of carbonyl (C=O) groups is 1. The van der Waals surface area contributed by atoms with Gasteiger partial charge >= 0.3 is 6.18 Å². The fourth-order valence-electron chi connectivity index (χ4n) is 5.46. The summed E-state index contributed by atoms with van der Waals surface area (Å²) >= 11 is 0. The van der Waals surface area contributed by atoms with Crippen LogP contribution in [0.3, 0.4) is 0 Å². The Morgan fingerprint density at radius 3 is 2.86 bits per heavy atom. The number of unbranched alkanes of at least 4 members (excludes halogenated alkanes) is 1. The fraction of sp³-hybridized carbons (Fsp3) is 0.333. The van der Waals surface area contributed by atoms with Crippen LogP contribution in [0.2, 0.25) is 0 Å². The average molecular weight is 492 g/mol. The predicted octanol–water partition coefficient (Wildman–Crippen LogP) is 3.38. The largest absolute Gasteiger partial charge is 0.416 e. The van der Waals surface area contributed by atoms with Crippen molar-refractivity contribution in [2.75, 3.05) is 16.8 Å². The lowest BCUT2D eigenvalue weighted by atomic mass is 9.76. The summed E-state index contributed by atoms with van der Waals surface area (Å²) in [5.41, 5.74) is 0.435. The van der Waals surface area contributed by atoms with E-state index in [1.165, 1.54) is 0 Å². The van der Waals surface area contributed by atoms with Gasteiger partial charge in [-0.05, 0) is 25.0 Å². The number of nitrogens with zero attached hydrogens (tertiary/aromatic N) is 7. The number of hydrogen-bond acceptors (Lipinski definition) is 7. The molecule has 0 spiro atoms. The van der Waals surface area contributed by atoms with Gasteiger partial charge in [0.1, 0.15) is 22.7 Å². The third-order valence-corrected chi connectivity index (χ3v) is 7.19. The van der Waals surface area contributed by atoms with Gasteiger partial charge in [0, 0.05) is 31.3 Å². The Hall–Kier alpha value is -4.09. The zero-order valence-electron chi connectivity index (χ0n) is 19.0. The lowest BCUT2D eigenvalue weighted by Gasteiger charge is -2.23. The molecule has 2 atom stereocenters. The van der Waals surface area contributed by atoms with Crippen LogP contribution in [-0.2, 0) is 22.8 Å². The molecular weight excluding hydrogens is 473 g/mol. The van der Waals surface area contributed by atoms with Crippen molar-refractivity contribution in [2.24, 2.45) is 0 Å². The number of imidazole rings is 1. The van der Waals surface area contributed by atoms with E-state index in [0.29, 0.717) is 29.4 Å². The van der Waals surface area contributed by atoms with Crippen LogP contribution >= 0.6 is 0 Å². The van der Waals surface area contributed by atoms with Crippen LogP contribution in [0.1, 0.15) is 42.3 Å². The van der Waals surface area contributed by atoms with Crippen molar-refractivity contribution in [3.8, 4) is 11.5 Å². The second-order valence-electron chi connectivity index (χ2n) is 9.29. The molecule has 0 saturated carbocycles. The Bertz CT molecular complexity index is 1580. The van der Waals surface area contributed by atoms with Crippen LogP contribution in [0, 0.1) is 0 Å². The van der Waals surface area contributed by atoms with E-state index in [4.69, 9.17) is 9.97 Å². The molecule has 7 rings (SSSR count). The number of aryl methyl sites for hydroxylation is 1. The van der Waals surface area contributed by atoms with E-state index in [0.717, 1.165) is 48.9 Å². The molecule has 3 aliphatic rings. The van der Waals surface area contributed by atoms with Gasteiger partial charge in [0.2, 0.25) is 5.91 Å². The van der Waals surface area contributed by atoms with E-state index >= 15 is 0 Å². The summed E-state index contributed by atoms with van der Waals surface area (Å²) in [6.45, 7) is 2.59.